The fraction of sp³-hybridized carbons (Fsp3) is 0.379. The van der Waals surface area contributed by atoms with Crippen LogP contribution in [0.2, 0.25) is 25.7 Å². The molecule has 2 N–H and O–H groups in total. The average Bonchev–Trinajstić information content (AvgIpc) is 3.41. The van der Waals surface area contributed by atoms with Crippen molar-refractivity contribution in [2.24, 2.45) is 0 Å². The van der Waals surface area contributed by atoms with Gasteiger partial charge in [-0.3, -0.25) is 0 Å². The molecule has 1 aliphatic rings. The van der Waals surface area contributed by atoms with Gasteiger partial charge in [-0.15, -0.1) is 0 Å². The number of ether oxygens (including phenoxy) is 2. The van der Waals surface area contributed by atoms with E-state index >= 15 is 0 Å². The van der Waals surface area contributed by atoms with E-state index in [1.54, 1.807) is 0 Å². The van der Waals surface area contributed by atoms with E-state index < -0.39 is 19.8 Å². The highest BCUT2D eigenvalue weighted by Crippen LogP contribution is 2.44. The van der Waals surface area contributed by atoms with Gasteiger partial charge in [0.05, 0.1) is 29.1 Å². The monoisotopic (exact) mass is 594 g/mol. The van der Waals surface area contributed by atoms with E-state index in [1.165, 1.54) is 5.39 Å². The van der Waals surface area contributed by atoms with Crippen molar-refractivity contribution in [3.63, 3.8) is 0 Å². The van der Waals surface area contributed by atoms with Crippen LogP contribution in [-0.2, 0) is 4.74 Å². The standard InChI is InChI=1S/C29H35BrN4O3Si/c1-17-34-24-11-9-20(30)12-19(24)13-25(34)21-10-8-18(14-26(21)36-17)22-15-31-27(32-22)23(16-38(5,6)7)33-28(35)37-29(2,3)4/h8-15,17,23H,16H2,1-7H3,(H,31,32)(H,33,35)/t17?,23-/m0/s1. The lowest BCUT2D eigenvalue weighted by atomic mass is 10.0. The molecule has 1 amide bonds. The largest absolute Gasteiger partial charge is 0.470 e. The van der Waals surface area contributed by atoms with Crippen LogP contribution in [0.5, 0.6) is 5.75 Å². The first-order valence-electron chi connectivity index (χ1n) is 12.9. The Bertz CT molecular complexity index is 1510. The number of nitrogens with zero attached hydrogens (tertiary/aromatic N) is 2. The third kappa shape index (κ3) is 5.54. The maximum Gasteiger partial charge on any atom is 0.408 e. The molecule has 1 aliphatic heterocycles. The number of nitrogens with one attached hydrogen (secondary N) is 2. The van der Waals surface area contributed by atoms with Crippen molar-refractivity contribution in [3.05, 3.63) is 59.0 Å². The Kier molecular flexibility index (Phi) is 6.72. The molecule has 0 bridgehead atoms. The number of aromatic nitrogens is 3. The number of fused-ring (bicyclic) bond motifs is 5. The number of imidazole rings is 1. The molecule has 9 heteroatoms. The molecule has 7 nitrogen and oxygen atoms in total. The van der Waals surface area contributed by atoms with Crippen LogP contribution in [0, 0.1) is 0 Å². The maximum absolute atomic E-state index is 12.6. The number of benzene rings is 2. The predicted molar refractivity (Wildman–Crippen MR) is 158 cm³/mol. The molecule has 2 aromatic carbocycles. The van der Waals surface area contributed by atoms with Gasteiger partial charge in [-0.25, -0.2) is 9.78 Å². The highest BCUT2D eigenvalue weighted by molar-refractivity contribution is 9.10. The molecular formula is C29H35BrN4O3Si. The minimum Gasteiger partial charge on any atom is -0.470 e. The quantitative estimate of drug-likeness (QED) is 0.228. The second-order valence-electron chi connectivity index (χ2n) is 12.2. The maximum atomic E-state index is 12.6. The number of halogens is 1. The Balaban J connectivity index is 1.45. The molecule has 5 rings (SSSR count). The second-order valence-corrected chi connectivity index (χ2v) is 18.6. The van der Waals surface area contributed by atoms with Gasteiger partial charge < -0.3 is 24.3 Å². The Morgan fingerprint density at radius 3 is 2.68 bits per heavy atom. The van der Waals surface area contributed by atoms with Crippen LogP contribution < -0.4 is 10.1 Å². The summed E-state index contributed by atoms with van der Waals surface area (Å²) in [5.74, 6) is 1.57. The molecule has 0 fully saturated rings. The number of rotatable bonds is 5. The summed E-state index contributed by atoms with van der Waals surface area (Å²) in [4.78, 5) is 20.7. The fourth-order valence-electron chi connectivity index (χ4n) is 4.98. The Morgan fingerprint density at radius 1 is 1.21 bits per heavy atom. The number of alkyl carbamates (subject to hydrolysis) is 1. The van der Waals surface area contributed by atoms with Crippen LogP contribution in [0.4, 0.5) is 4.79 Å². The van der Waals surface area contributed by atoms with E-state index in [-0.39, 0.29) is 12.3 Å². The number of carbonyl (C=O) groups excluding carboxylic acids is 1. The van der Waals surface area contributed by atoms with Crippen molar-refractivity contribution in [1.82, 2.24) is 19.9 Å². The summed E-state index contributed by atoms with van der Waals surface area (Å²) in [6, 6.07) is 15.4. The minimum atomic E-state index is -1.53. The van der Waals surface area contributed by atoms with Crippen LogP contribution in [0.1, 0.15) is 45.8 Å². The Morgan fingerprint density at radius 2 is 1.97 bits per heavy atom. The van der Waals surface area contributed by atoms with Gasteiger partial charge in [-0.05, 0) is 70.1 Å². The lowest BCUT2D eigenvalue weighted by Crippen LogP contribution is -2.38. The number of carbonyl (C=O) groups is 1. The number of hydrogen-bond acceptors (Lipinski definition) is 4. The summed E-state index contributed by atoms with van der Waals surface area (Å²) in [5, 5.41) is 4.22. The third-order valence-electron chi connectivity index (χ3n) is 6.46. The molecule has 0 saturated carbocycles. The van der Waals surface area contributed by atoms with Crippen LogP contribution >= 0.6 is 15.9 Å². The molecule has 0 spiro atoms. The summed E-state index contributed by atoms with van der Waals surface area (Å²) in [5.41, 5.74) is 4.63. The summed E-state index contributed by atoms with van der Waals surface area (Å²) in [6.07, 6.45) is 1.26. The van der Waals surface area contributed by atoms with Crippen molar-refractivity contribution in [1.29, 1.82) is 0 Å². The van der Waals surface area contributed by atoms with Crippen molar-refractivity contribution >= 4 is 41.0 Å². The van der Waals surface area contributed by atoms with E-state index in [4.69, 9.17) is 9.47 Å². The highest BCUT2D eigenvalue weighted by atomic mass is 79.9. The van der Waals surface area contributed by atoms with E-state index in [2.05, 4.69) is 105 Å². The van der Waals surface area contributed by atoms with Gasteiger partial charge in [0.15, 0.2) is 6.23 Å². The number of aromatic amines is 1. The van der Waals surface area contributed by atoms with Crippen LogP contribution in [0.15, 0.2) is 53.1 Å². The van der Waals surface area contributed by atoms with Gasteiger partial charge in [0, 0.05) is 29.1 Å². The average molecular weight is 596 g/mol. The molecule has 0 radical (unpaired) electrons. The first kappa shape index (κ1) is 26.6. The van der Waals surface area contributed by atoms with Gasteiger partial charge in [0.2, 0.25) is 0 Å². The summed E-state index contributed by atoms with van der Waals surface area (Å²) >= 11 is 3.58. The van der Waals surface area contributed by atoms with E-state index in [0.29, 0.717) is 0 Å². The second kappa shape index (κ2) is 9.61. The molecule has 0 saturated heterocycles. The first-order valence-corrected chi connectivity index (χ1v) is 17.4. The van der Waals surface area contributed by atoms with E-state index in [9.17, 15) is 4.79 Å². The molecule has 3 heterocycles. The van der Waals surface area contributed by atoms with E-state index in [0.717, 1.165) is 50.1 Å². The molecule has 38 heavy (non-hydrogen) atoms. The molecule has 0 aliphatic carbocycles. The minimum absolute atomic E-state index is 0.136. The van der Waals surface area contributed by atoms with Gasteiger partial charge in [-0.1, -0.05) is 41.6 Å². The van der Waals surface area contributed by atoms with Crippen LogP contribution in [0.3, 0.4) is 0 Å². The third-order valence-corrected chi connectivity index (χ3v) is 8.59. The van der Waals surface area contributed by atoms with Gasteiger partial charge in [0.1, 0.15) is 17.2 Å². The molecule has 2 atom stereocenters. The lowest BCUT2D eigenvalue weighted by molar-refractivity contribution is 0.0505. The first-order chi connectivity index (χ1) is 17.8. The zero-order valence-corrected chi connectivity index (χ0v) is 25.6. The van der Waals surface area contributed by atoms with E-state index in [1.807, 2.05) is 27.0 Å². The van der Waals surface area contributed by atoms with Crippen molar-refractivity contribution in [2.45, 2.75) is 71.3 Å². The predicted octanol–water partition coefficient (Wildman–Crippen LogP) is 8.28. The highest BCUT2D eigenvalue weighted by Gasteiger charge is 2.29. The molecule has 2 aromatic heterocycles. The zero-order valence-electron chi connectivity index (χ0n) is 23.0. The summed E-state index contributed by atoms with van der Waals surface area (Å²) in [6.45, 7) is 14.5. The lowest BCUT2D eigenvalue weighted by Gasteiger charge is -2.27. The van der Waals surface area contributed by atoms with Crippen LogP contribution in [0.25, 0.3) is 33.4 Å². The summed E-state index contributed by atoms with van der Waals surface area (Å²) in [7, 11) is -1.53. The molecule has 4 aromatic rings. The topological polar surface area (TPSA) is 81.2 Å². The van der Waals surface area contributed by atoms with Crippen LogP contribution in [-0.4, -0.2) is 34.3 Å². The van der Waals surface area contributed by atoms with Gasteiger partial charge in [-0.2, -0.15) is 0 Å². The smallest absolute Gasteiger partial charge is 0.408 e. The van der Waals surface area contributed by atoms with Gasteiger partial charge in [0.25, 0.3) is 0 Å². The number of H-pyrrole nitrogens is 1. The summed E-state index contributed by atoms with van der Waals surface area (Å²) < 4.78 is 15.2. The van der Waals surface area contributed by atoms with Gasteiger partial charge >= 0.3 is 6.09 Å². The Hall–Kier alpha value is -3.04. The van der Waals surface area contributed by atoms with Crippen molar-refractivity contribution < 1.29 is 14.3 Å². The Labute approximate surface area is 233 Å². The SMILES string of the molecule is CC1Oc2cc(-c3cnc([C@H](C[Si](C)(C)C)NC(=O)OC(C)(C)C)[nH]3)ccc2-c2cc3cc(Br)ccc3n21. The van der Waals surface area contributed by atoms with Crippen molar-refractivity contribution in [2.75, 3.05) is 0 Å². The fourth-order valence-corrected chi connectivity index (χ4v) is 6.88. The molecular weight excluding hydrogens is 560 g/mol. The number of hydrogen-bond donors (Lipinski definition) is 2. The normalized spacial score (nSPS) is 15.9. The zero-order chi connectivity index (χ0) is 27.4. The van der Waals surface area contributed by atoms with Crippen molar-refractivity contribution in [3.8, 4) is 28.3 Å². The number of amides is 1. The molecule has 1 unspecified atom stereocenters. The molecule has 200 valence electrons.